The lowest BCUT2D eigenvalue weighted by atomic mass is 10.1. The Kier molecular flexibility index (Phi) is 10.6. The van der Waals surface area contributed by atoms with Crippen LogP contribution in [0.15, 0.2) is 30.3 Å². The Morgan fingerprint density at radius 3 is 2.12 bits per heavy atom. The first kappa shape index (κ1) is 15.5. The number of benzene rings is 1. The van der Waals surface area contributed by atoms with Crippen LogP contribution < -0.4 is 0 Å². The third kappa shape index (κ3) is 7.72. The second kappa shape index (κ2) is 11.0. The monoisotopic (exact) mass is 242 g/mol. The SMILES string of the molecule is CCC(O)c1ccccc1.CCCCCCl. The van der Waals surface area contributed by atoms with Gasteiger partial charge in [0.15, 0.2) is 0 Å². The molecule has 1 aromatic carbocycles. The molecule has 0 heterocycles. The summed E-state index contributed by atoms with van der Waals surface area (Å²) in [6, 6.07) is 9.70. The van der Waals surface area contributed by atoms with Crippen molar-refractivity contribution in [1.82, 2.24) is 0 Å². The number of halogens is 1. The highest BCUT2D eigenvalue weighted by molar-refractivity contribution is 6.17. The van der Waals surface area contributed by atoms with Crippen molar-refractivity contribution < 1.29 is 5.11 Å². The minimum absolute atomic E-state index is 0.291. The van der Waals surface area contributed by atoms with E-state index >= 15 is 0 Å². The zero-order chi connectivity index (χ0) is 12.2. The molecule has 0 aliphatic heterocycles. The molecule has 0 saturated heterocycles. The molecule has 0 fully saturated rings. The quantitative estimate of drug-likeness (QED) is 0.594. The molecule has 0 saturated carbocycles. The molecule has 0 bridgehead atoms. The van der Waals surface area contributed by atoms with Crippen molar-refractivity contribution in [3.63, 3.8) is 0 Å². The number of alkyl halides is 1. The molecular weight excluding hydrogens is 220 g/mol. The summed E-state index contributed by atoms with van der Waals surface area (Å²) in [6.07, 6.45) is 4.22. The predicted molar refractivity (Wildman–Crippen MR) is 71.9 cm³/mol. The number of rotatable bonds is 5. The molecule has 0 radical (unpaired) electrons. The van der Waals surface area contributed by atoms with Gasteiger partial charge < -0.3 is 5.11 Å². The standard InChI is InChI=1S/C9H12O.C5H11Cl/c1-2-9(10)8-6-4-3-5-7-8;1-2-3-4-5-6/h3-7,9-10H,2H2,1H3;2-5H2,1H3. The molecule has 0 aliphatic carbocycles. The molecule has 1 atom stereocenters. The van der Waals surface area contributed by atoms with Crippen LogP contribution in [-0.4, -0.2) is 11.0 Å². The maximum absolute atomic E-state index is 9.33. The van der Waals surface area contributed by atoms with E-state index in [2.05, 4.69) is 6.92 Å². The van der Waals surface area contributed by atoms with E-state index in [9.17, 15) is 5.11 Å². The maximum atomic E-state index is 9.33. The van der Waals surface area contributed by atoms with Gasteiger partial charge in [0.1, 0.15) is 0 Å². The highest BCUT2D eigenvalue weighted by Gasteiger charge is 2.00. The van der Waals surface area contributed by atoms with E-state index in [-0.39, 0.29) is 6.10 Å². The summed E-state index contributed by atoms with van der Waals surface area (Å²) in [7, 11) is 0. The van der Waals surface area contributed by atoms with Gasteiger partial charge in [0, 0.05) is 5.88 Å². The van der Waals surface area contributed by atoms with Crippen LogP contribution >= 0.6 is 11.6 Å². The minimum Gasteiger partial charge on any atom is -0.388 e. The van der Waals surface area contributed by atoms with Gasteiger partial charge in [0.2, 0.25) is 0 Å². The van der Waals surface area contributed by atoms with Crippen molar-refractivity contribution in [2.45, 2.75) is 45.6 Å². The Balaban J connectivity index is 0.000000325. The summed E-state index contributed by atoms with van der Waals surface area (Å²) in [5.41, 5.74) is 1.00. The van der Waals surface area contributed by atoms with Crippen molar-refractivity contribution in [2.75, 3.05) is 5.88 Å². The lowest BCUT2D eigenvalue weighted by Crippen LogP contribution is -1.93. The fourth-order valence-corrected chi connectivity index (χ4v) is 1.44. The van der Waals surface area contributed by atoms with E-state index in [1.54, 1.807) is 0 Å². The Morgan fingerprint density at radius 1 is 1.12 bits per heavy atom. The lowest BCUT2D eigenvalue weighted by molar-refractivity contribution is 0.173. The van der Waals surface area contributed by atoms with Gasteiger partial charge in [-0.05, 0) is 18.4 Å². The predicted octanol–water partition coefficient (Wildman–Crippen LogP) is 4.55. The minimum atomic E-state index is -0.291. The topological polar surface area (TPSA) is 20.2 Å². The zero-order valence-electron chi connectivity index (χ0n) is 10.3. The molecule has 0 aromatic heterocycles. The molecule has 1 rings (SSSR count). The van der Waals surface area contributed by atoms with E-state index in [1.165, 1.54) is 19.3 Å². The Hall–Kier alpha value is -0.530. The average molecular weight is 243 g/mol. The average Bonchev–Trinajstić information content (AvgIpc) is 2.37. The van der Waals surface area contributed by atoms with E-state index in [0.717, 1.165) is 17.9 Å². The van der Waals surface area contributed by atoms with Crippen molar-refractivity contribution in [1.29, 1.82) is 0 Å². The second-order valence-electron chi connectivity index (χ2n) is 3.73. The Bertz CT molecular complexity index is 232. The first-order chi connectivity index (χ1) is 7.76. The van der Waals surface area contributed by atoms with Crippen LogP contribution in [0.25, 0.3) is 0 Å². The van der Waals surface area contributed by atoms with Gasteiger partial charge in [-0.2, -0.15) is 0 Å². The molecule has 0 amide bonds. The molecule has 1 nitrogen and oxygen atoms in total. The normalized spacial score (nSPS) is 11.5. The molecule has 1 unspecified atom stereocenters. The lowest BCUT2D eigenvalue weighted by Gasteiger charge is -2.05. The molecule has 0 spiro atoms. The van der Waals surface area contributed by atoms with Crippen LogP contribution in [0, 0.1) is 0 Å². The number of aliphatic hydroxyl groups excluding tert-OH is 1. The number of aliphatic hydroxyl groups is 1. The highest BCUT2D eigenvalue weighted by Crippen LogP contribution is 2.14. The summed E-state index contributed by atoms with van der Waals surface area (Å²) in [4.78, 5) is 0. The van der Waals surface area contributed by atoms with E-state index in [4.69, 9.17) is 11.6 Å². The Morgan fingerprint density at radius 2 is 1.75 bits per heavy atom. The number of unbranched alkanes of at least 4 members (excludes halogenated alkanes) is 2. The van der Waals surface area contributed by atoms with E-state index in [0.29, 0.717) is 0 Å². The fourth-order valence-electron chi connectivity index (χ4n) is 1.26. The van der Waals surface area contributed by atoms with Crippen molar-refractivity contribution in [2.24, 2.45) is 0 Å². The first-order valence-electron chi connectivity index (χ1n) is 6.05. The third-order valence-electron chi connectivity index (χ3n) is 2.31. The summed E-state index contributed by atoms with van der Waals surface area (Å²) in [5.74, 6) is 0.827. The van der Waals surface area contributed by atoms with Crippen molar-refractivity contribution in [3.8, 4) is 0 Å². The van der Waals surface area contributed by atoms with Gasteiger partial charge in [-0.1, -0.05) is 57.0 Å². The first-order valence-corrected chi connectivity index (χ1v) is 6.58. The van der Waals surface area contributed by atoms with E-state index < -0.39 is 0 Å². The zero-order valence-corrected chi connectivity index (χ0v) is 11.1. The van der Waals surface area contributed by atoms with E-state index in [1.807, 2.05) is 37.3 Å². The van der Waals surface area contributed by atoms with Gasteiger partial charge in [-0.3, -0.25) is 0 Å². The summed E-state index contributed by atoms with van der Waals surface area (Å²) in [5, 5.41) is 9.33. The summed E-state index contributed by atoms with van der Waals surface area (Å²) in [6.45, 7) is 4.14. The van der Waals surface area contributed by atoms with Crippen LogP contribution in [0.5, 0.6) is 0 Å². The molecule has 1 N–H and O–H groups in total. The van der Waals surface area contributed by atoms with Gasteiger partial charge in [0.25, 0.3) is 0 Å². The molecule has 0 aliphatic rings. The van der Waals surface area contributed by atoms with Gasteiger partial charge in [-0.25, -0.2) is 0 Å². The van der Waals surface area contributed by atoms with Crippen LogP contribution in [0.3, 0.4) is 0 Å². The van der Waals surface area contributed by atoms with Gasteiger partial charge in [0.05, 0.1) is 6.10 Å². The van der Waals surface area contributed by atoms with Crippen molar-refractivity contribution >= 4 is 11.6 Å². The van der Waals surface area contributed by atoms with Crippen LogP contribution in [0.1, 0.15) is 51.2 Å². The molecule has 1 aromatic rings. The van der Waals surface area contributed by atoms with Crippen LogP contribution in [-0.2, 0) is 0 Å². The molecular formula is C14H23ClO. The van der Waals surface area contributed by atoms with Crippen LogP contribution in [0.4, 0.5) is 0 Å². The summed E-state index contributed by atoms with van der Waals surface area (Å²) >= 11 is 5.38. The third-order valence-corrected chi connectivity index (χ3v) is 2.58. The molecule has 16 heavy (non-hydrogen) atoms. The van der Waals surface area contributed by atoms with Crippen molar-refractivity contribution in [3.05, 3.63) is 35.9 Å². The largest absolute Gasteiger partial charge is 0.388 e. The fraction of sp³-hybridized carbons (Fsp3) is 0.571. The van der Waals surface area contributed by atoms with Gasteiger partial charge >= 0.3 is 0 Å². The molecule has 2 heteroatoms. The second-order valence-corrected chi connectivity index (χ2v) is 4.11. The Labute approximate surface area is 104 Å². The maximum Gasteiger partial charge on any atom is 0.0787 e. The molecule has 92 valence electrons. The number of hydrogen-bond donors (Lipinski definition) is 1. The summed E-state index contributed by atoms with van der Waals surface area (Å²) < 4.78 is 0. The highest BCUT2D eigenvalue weighted by atomic mass is 35.5. The number of hydrogen-bond acceptors (Lipinski definition) is 1. The van der Waals surface area contributed by atoms with Gasteiger partial charge in [-0.15, -0.1) is 11.6 Å². The smallest absolute Gasteiger partial charge is 0.0787 e. The van der Waals surface area contributed by atoms with Crippen LogP contribution in [0.2, 0.25) is 0 Å².